The van der Waals surface area contributed by atoms with Gasteiger partial charge in [-0.1, -0.05) is 6.07 Å². The number of pyridine rings is 1. The van der Waals surface area contributed by atoms with Crippen LogP contribution in [-0.4, -0.2) is 44.5 Å². The third kappa shape index (κ3) is 3.13. The number of aromatic nitrogens is 1. The van der Waals surface area contributed by atoms with E-state index in [1.54, 1.807) is 13.2 Å². The van der Waals surface area contributed by atoms with Crippen molar-refractivity contribution in [3.8, 4) is 0 Å². The standard InChI is InChI=1S/C13H22N3O2S/c1-14-19(17,18)16(2)8-5-12(6-9-16)10-13-4-3-7-15-11-13/h3-4,7,11-12,14H,5-6,8-10H2,1-2H3/q+1. The molecule has 0 spiro atoms. The summed E-state index contributed by atoms with van der Waals surface area (Å²) in [5, 5.41) is 0. The van der Waals surface area contributed by atoms with E-state index in [2.05, 4.69) is 15.8 Å². The van der Waals surface area contributed by atoms with Crippen molar-refractivity contribution in [3.63, 3.8) is 0 Å². The van der Waals surface area contributed by atoms with Gasteiger partial charge in [-0.2, -0.15) is 13.1 Å². The van der Waals surface area contributed by atoms with Gasteiger partial charge in [0, 0.05) is 32.3 Å². The Bertz CT molecular complexity index is 508. The molecule has 0 radical (unpaired) electrons. The smallest absolute Gasteiger partial charge is 0.264 e. The molecule has 1 aliphatic rings. The molecule has 0 aromatic carbocycles. The summed E-state index contributed by atoms with van der Waals surface area (Å²) in [5.41, 5.74) is 1.24. The van der Waals surface area contributed by atoms with Crippen LogP contribution in [0.5, 0.6) is 0 Å². The van der Waals surface area contributed by atoms with Crippen LogP contribution in [0.3, 0.4) is 0 Å². The van der Waals surface area contributed by atoms with E-state index in [-0.39, 0.29) is 3.89 Å². The molecule has 106 valence electrons. The van der Waals surface area contributed by atoms with Crippen LogP contribution in [0.4, 0.5) is 0 Å². The summed E-state index contributed by atoms with van der Waals surface area (Å²) in [7, 11) is 0.0425. The molecule has 0 aliphatic carbocycles. The summed E-state index contributed by atoms with van der Waals surface area (Å²) < 4.78 is 26.5. The molecule has 0 atom stereocenters. The molecule has 0 unspecified atom stereocenters. The number of hydrogen-bond acceptors (Lipinski definition) is 3. The second-order valence-corrected chi connectivity index (χ2v) is 7.67. The highest BCUT2D eigenvalue weighted by atomic mass is 32.2. The molecule has 1 aliphatic heterocycles. The Labute approximate surface area is 115 Å². The van der Waals surface area contributed by atoms with Crippen molar-refractivity contribution >= 4 is 10.2 Å². The summed E-state index contributed by atoms with van der Waals surface area (Å²) in [6.07, 6.45) is 6.54. The van der Waals surface area contributed by atoms with Crippen LogP contribution in [0.1, 0.15) is 18.4 Å². The topological polar surface area (TPSA) is 59.1 Å². The van der Waals surface area contributed by atoms with Crippen LogP contribution < -0.4 is 4.72 Å². The predicted molar refractivity (Wildman–Crippen MR) is 74.6 cm³/mol. The number of rotatable bonds is 4. The Morgan fingerprint density at radius 3 is 2.63 bits per heavy atom. The Hall–Kier alpha value is -0.980. The van der Waals surface area contributed by atoms with Gasteiger partial charge in [0.2, 0.25) is 0 Å². The molecule has 6 heteroatoms. The third-order valence-electron chi connectivity index (χ3n) is 4.11. The highest BCUT2D eigenvalue weighted by molar-refractivity contribution is 7.83. The Balaban J connectivity index is 1.96. The zero-order valence-corrected chi connectivity index (χ0v) is 12.4. The first kappa shape index (κ1) is 14.4. The molecule has 2 rings (SSSR count). The van der Waals surface area contributed by atoms with Crippen LogP contribution in [-0.2, 0) is 16.6 Å². The summed E-state index contributed by atoms with van der Waals surface area (Å²) in [4.78, 5) is 4.12. The minimum absolute atomic E-state index is 0.104. The van der Waals surface area contributed by atoms with Gasteiger partial charge in [-0.05, 0) is 24.0 Å². The molecule has 19 heavy (non-hydrogen) atoms. The van der Waals surface area contributed by atoms with E-state index < -0.39 is 10.2 Å². The molecule has 1 fully saturated rings. The van der Waals surface area contributed by atoms with Gasteiger partial charge in [0.25, 0.3) is 0 Å². The Kier molecular flexibility index (Phi) is 4.23. The van der Waals surface area contributed by atoms with E-state index in [0.29, 0.717) is 19.0 Å². The normalized spacial score (nSPS) is 28.2. The highest BCUT2D eigenvalue weighted by Gasteiger charge is 2.40. The fourth-order valence-corrected chi connectivity index (χ4v) is 3.82. The average Bonchev–Trinajstić information content (AvgIpc) is 2.42. The molecular formula is C13H22N3O2S+. The Morgan fingerprint density at radius 1 is 1.42 bits per heavy atom. The van der Waals surface area contributed by atoms with Crippen molar-refractivity contribution in [1.29, 1.82) is 0 Å². The maximum atomic E-state index is 12.0. The molecule has 1 N–H and O–H groups in total. The number of hydrogen-bond donors (Lipinski definition) is 1. The monoisotopic (exact) mass is 284 g/mol. The third-order valence-corrected chi connectivity index (χ3v) is 6.15. The largest absolute Gasteiger partial charge is 0.369 e. The van der Waals surface area contributed by atoms with Crippen LogP contribution in [0.15, 0.2) is 24.5 Å². The van der Waals surface area contributed by atoms with E-state index in [1.165, 1.54) is 12.6 Å². The number of piperidine rings is 1. The van der Waals surface area contributed by atoms with Crippen molar-refractivity contribution in [2.45, 2.75) is 19.3 Å². The number of nitrogens with zero attached hydrogens (tertiary/aromatic N) is 2. The second kappa shape index (κ2) is 5.56. The molecular weight excluding hydrogens is 262 g/mol. The number of quaternary nitrogens is 1. The SMILES string of the molecule is CNS(=O)(=O)[N+]1(C)CCC(Cc2cccnc2)CC1. The lowest BCUT2D eigenvalue weighted by atomic mass is 9.91. The fourth-order valence-electron chi connectivity index (χ4n) is 2.68. The van der Waals surface area contributed by atoms with Gasteiger partial charge in [-0.15, -0.1) is 0 Å². The molecule has 5 nitrogen and oxygen atoms in total. The molecule has 0 bridgehead atoms. The van der Waals surface area contributed by atoms with E-state index in [4.69, 9.17) is 0 Å². The van der Waals surface area contributed by atoms with Gasteiger partial charge >= 0.3 is 10.2 Å². The molecule has 0 amide bonds. The quantitative estimate of drug-likeness (QED) is 0.837. The lowest BCUT2D eigenvalue weighted by Gasteiger charge is -2.38. The number of nitrogens with one attached hydrogen (secondary N) is 1. The first-order valence-corrected chi connectivity index (χ1v) is 8.08. The lowest BCUT2D eigenvalue weighted by molar-refractivity contribution is -0.793. The summed E-state index contributed by atoms with van der Waals surface area (Å²) in [5.74, 6) is 0.558. The second-order valence-electron chi connectivity index (χ2n) is 5.43. The van der Waals surface area contributed by atoms with E-state index in [0.717, 1.165) is 19.3 Å². The summed E-state index contributed by atoms with van der Waals surface area (Å²) in [6, 6.07) is 4.03. The van der Waals surface area contributed by atoms with Gasteiger partial charge in [-0.3, -0.25) is 4.98 Å². The van der Waals surface area contributed by atoms with E-state index in [9.17, 15) is 8.42 Å². The van der Waals surface area contributed by atoms with E-state index in [1.807, 2.05) is 12.3 Å². The zero-order chi connectivity index (χ0) is 13.9. The summed E-state index contributed by atoms with van der Waals surface area (Å²) in [6.45, 7) is 1.35. The van der Waals surface area contributed by atoms with Gasteiger partial charge in [0.1, 0.15) is 0 Å². The van der Waals surface area contributed by atoms with Crippen molar-refractivity contribution in [3.05, 3.63) is 30.1 Å². The van der Waals surface area contributed by atoms with Gasteiger partial charge in [0.05, 0.1) is 20.1 Å². The van der Waals surface area contributed by atoms with Crippen LogP contribution in [0, 0.1) is 5.92 Å². The minimum atomic E-state index is -3.24. The summed E-state index contributed by atoms with van der Waals surface area (Å²) >= 11 is 0. The maximum absolute atomic E-state index is 12.0. The highest BCUT2D eigenvalue weighted by Crippen LogP contribution is 2.27. The average molecular weight is 284 g/mol. The Morgan fingerprint density at radius 2 is 2.11 bits per heavy atom. The van der Waals surface area contributed by atoms with Crippen LogP contribution in [0.2, 0.25) is 0 Å². The van der Waals surface area contributed by atoms with Crippen molar-refractivity contribution in [2.24, 2.45) is 5.92 Å². The molecule has 1 saturated heterocycles. The minimum Gasteiger partial charge on any atom is -0.264 e. The zero-order valence-electron chi connectivity index (χ0n) is 11.5. The molecule has 2 heterocycles. The maximum Gasteiger partial charge on any atom is 0.369 e. The molecule has 1 aromatic heterocycles. The van der Waals surface area contributed by atoms with Gasteiger partial charge in [0.15, 0.2) is 0 Å². The van der Waals surface area contributed by atoms with Crippen molar-refractivity contribution < 1.29 is 12.3 Å². The van der Waals surface area contributed by atoms with E-state index >= 15 is 0 Å². The lowest BCUT2D eigenvalue weighted by Crippen LogP contribution is -2.57. The molecule has 1 aromatic rings. The fraction of sp³-hybridized carbons (Fsp3) is 0.615. The van der Waals surface area contributed by atoms with Gasteiger partial charge < -0.3 is 0 Å². The number of likely N-dealkylation sites (tertiary alicyclic amines) is 1. The van der Waals surface area contributed by atoms with Crippen LogP contribution >= 0.6 is 0 Å². The van der Waals surface area contributed by atoms with Gasteiger partial charge in [-0.25, -0.2) is 3.89 Å². The molecule has 0 saturated carbocycles. The van der Waals surface area contributed by atoms with Crippen LogP contribution in [0.25, 0.3) is 0 Å². The predicted octanol–water partition coefficient (Wildman–Crippen LogP) is 0.945. The van der Waals surface area contributed by atoms with Crippen molar-refractivity contribution in [1.82, 2.24) is 9.71 Å². The van der Waals surface area contributed by atoms with Crippen molar-refractivity contribution in [2.75, 3.05) is 27.2 Å². The first-order chi connectivity index (χ1) is 8.97. The first-order valence-electron chi connectivity index (χ1n) is 6.64.